The van der Waals surface area contributed by atoms with E-state index in [1.165, 1.54) is 21.8 Å². The number of hydrogen-bond donors (Lipinski definition) is 4. The number of carbonyl (C=O) groups excluding carboxylic acids is 1. The number of thiol groups is 1. The quantitative estimate of drug-likeness (QED) is 0.292. The molecule has 0 aromatic carbocycles. The molecule has 0 spiro atoms. The highest BCUT2D eigenvalue weighted by Gasteiger charge is 2.16. The Labute approximate surface area is 95.7 Å². The van der Waals surface area contributed by atoms with Crippen LogP contribution < -0.4 is 10.0 Å². The third-order valence-electron chi connectivity index (χ3n) is 1.19. The zero-order chi connectivity index (χ0) is 11.0. The van der Waals surface area contributed by atoms with Crippen LogP contribution in [-0.2, 0) is 9.59 Å². The molecule has 0 aliphatic rings. The Kier molecular flexibility index (Phi) is 8.24. The van der Waals surface area contributed by atoms with Crippen molar-refractivity contribution >= 4 is 46.3 Å². The minimum atomic E-state index is -1.06. The van der Waals surface area contributed by atoms with Crippen molar-refractivity contribution in [3.63, 3.8) is 0 Å². The van der Waals surface area contributed by atoms with Crippen LogP contribution in [0.5, 0.6) is 0 Å². The molecule has 0 saturated heterocycles. The van der Waals surface area contributed by atoms with Crippen molar-refractivity contribution in [3.8, 4) is 0 Å². The maximum atomic E-state index is 11.3. The van der Waals surface area contributed by atoms with Gasteiger partial charge >= 0.3 is 5.97 Å². The predicted octanol–water partition coefficient (Wildman–Crippen LogP) is 0.00140. The molecule has 14 heavy (non-hydrogen) atoms. The summed E-state index contributed by atoms with van der Waals surface area (Å²) in [5.41, 5.74) is 0. The molecule has 5 nitrogen and oxygen atoms in total. The van der Waals surface area contributed by atoms with E-state index in [1.54, 1.807) is 0 Å². The first kappa shape index (κ1) is 13.9. The van der Waals surface area contributed by atoms with Gasteiger partial charge in [0.05, 0.1) is 0 Å². The van der Waals surface area contributed by atoms with E-state index in [-0.39, 0.29) is 12.5 Å². The predicted molar refractivity (Wildman–Crippen MR) is 62.5 cm³/mol. The Morgan fingerprint density at radius 2 is 2.21 bits per heavy atom. The standard InChI is InChI=1S/C6H12N2O3S3/c1-13-14-8-4(3-12)6(11)7-2-5(9)10/h4,8,12H,2-3H2,1H3,(H,7,11)(H,9,10)/t4-/m0/s1. The first-order valence-corrected chi connectivity index (χ1v) is 6.86. The van der Waals surface area contributed by atoms with E-state index in [2.05, 4.69) is 22.7 Å². The smallest absolute Gasteiger partial charge is 0.322 e. The maximum Gasteiger partial charge on any atom is 0.322 e. The number of nitrogens with one attached hydrogen (secondary N) is 2. The van der Waals surface area contributed by atoms with E-state index in [0.29, 0.717) is 5.75 Å². The third-order valence-corrected chi connectivity index (χ3v) is 2.89. The Morgan fingerprint density at radius 3 is 2.64 bits per heavy atom. The maximum absolute atomic E-state index is 11.3. The Bertz CT molecular complexity index is 203. The fourth-order valence-corrected chi connectivity index (χ4v) is 1.99. The van der Waals surface area contributed by atoms with Gasteiger partial charge in [-0.3, -0.25) is 9.59 Å². The highest BCUT2D eigenvalue weighted by Crippen LogP contribution is 2.12. The summed E-state index contributed by atoms with van der Waals surface area (Å²) in [6.45, 7) is -0.366. The second-order valence-corrected chi connectivity index (χ2v) is 4.82. The minimum absolute atomic E-state index is 0.318. The van der Waals surface area contributed by atoms with Gasteiger partial charge in [-0.05, 0) is 17.2 Å². The first-order valence-electron chi connectivity index (χ1n) is 3.67. The van der Waals surface area contributed by atoms with Gasteiger partial charge in [0.1, 0.15) is 12.6 Å². The molecule has 3 N–H and O–H groups in total. The van der Waals surface area contributed by atoms with E-state index in [0.717, 1.165) is 0 Å². The molecule has 0 rings (SSSR count). The summed E-state index contributed by atoms with van der Waals surface area (Å²) in [6.07, 6.45) is 1.86. The molecule has 0 aromatic rings. The summed E-state index contributed by atoms with van der Waals surface area (Å²) in [7, 11) is 2.78. The summed E-state index contributed by atoms with van der Waals surface area (Å²) in [6, 6.07) is -0.477. The highest BCUT2D eigenvalue weighted by molar-refractivity contribution is 8.75. The summed E-state index contributed by atoms with van der Waals surface area (Å²) in [5, 5.41) is 10.6. The van der Waals surface area contributed by atoms with Gasteiger partial charge in [-0.1, -0.05) is 10.8 Å². The zero-order valence-electron chi connectivity index (χ0n) is 7.52. The lowest BCUT2D eigenvalue weighted by Crippen LogP contribution is -2.44. The fraction of sp³-hybridized carbons (Fsp3) is 0.667. The van der Waals surface area contributed by atoms with Gasteiger partial charge in [-0.15, -0.1) is 0 Å². The molecular formula is C6H12N2O3S3. The number of aliphatic carboxylic acids is 1. The normalized spacial score (nSPS) is 12.1. The lowest BCUT2D eigenvalue weighted by molar-refractivity contribution is -0.138. The summed E-state index contributed by atoms with van der Waals surface area (Å²) in [4.78, 5) is 21.4. The second-order valence-electron chi connectivity index (χ2n) is 2.21. The number of rotatable bonds is 7. The number of carboxylic acids is 1. The molecule has 1 atom stereocenters. The van der Waals surface area contributed by atoms with Crippen LogP contribution in [0.4, 0.5) is 0 Å². The second kappa shape index (κ2) is 8.27. The monoisotopic (exact) mass is 256 g/mol. The molecule has 82 valence electrons. The Morgan fingerprint density at radius 1 is 1.57 bits per heavy atom. The van der Waals surface area contributed by atoms with Gasteiger partial charge in [-0.2, -0.15) is 12.6 Å². The van der Waals surface area contributed by atoms with E-state index in [1.807, 2.05) is 6.26 Å². The highest BCUT2D eigenvalue weighted by atomic mass is 33.1. The van der Waals surface area contributed by atoms with Crippen LogP contribution in [0.1, 0.15) is 0 Å². The van der Waals surface area contributed by atoms with Gasteiger partial charge < -0.3 is 10.4 Å². The molecule has 0 aliphatic carbocycles. The average Bonchev–Trinajstić information content (AvgIpc) is 2.16. The van der Waals surface area contributed by atoms with E-state index >= 15 is 0 Å². The molecule has 0 aromatic heterocycles. The van der Waals surface area contributed by atoms with Crippen LogP contribution in [0.3, 0.4) is 0 Å². The van der Waals surface area contributed by atoms with Crippen LogP contribution in [0.25, 0.3) is 0 Å². The first-order chi connectivity index (χ1) is 6.61. The topological polar surface area (TPSA) is 78.4 Å². The number of hydrogen-bond acceptors (Lipinski definition) is 6. The van der Waals surface area contributed by atoms with Crippen molar-refractivity contribution in [3.05, 3.63) is 0 Å². The largest absolute Gasteiger partial charge is 0.480 e. The number of carbonyl (C=O) groups is 2. The van der Waals surface area contributed by atoms with Crippen molar-refractivity contribution in [2.45, 2.75) is 6.04 Å². The fourth-order valence-electron chi connectivity index (χ4n) is 0.566. The van der Waals surface area contributed by atoms with E-state index in [9.17, 15) is 9.59 Å². The van der Waals surface area contributed by atoms with Crippen LogP contribution in [0.2, 0.25) is 0 Å². The Balaban J connectivity index is 3.85. The van der Waals surface area contributed by atoms with Crippen LogP contribution >= 0.6 is 34.4 Å². The molecule has 0 radical (unpaired) electrons. The lowest BCUT2D eigenvalue weighted by atomic mass is 10.3. The van der Waals surface area contributed by atoms with Crippen LogP contribution in [-0.4, -0.2) is 41.6 Å². The lowest BCUT2D eigenvalue weighted by Gasteiger charge is -2.13. The van der Waals surface area contributed by atoms with Crippen molar-refractivity contribution in [2.24, 2.45) is 0 Å². The van der Waals surface area contributed by atoms with Crippen LogP contribution in [0, 0.1) is 0 Å². The summed E-state index contributed by atoms with van der Waals surface area (Å²) < 4.78 is 2.84. The van der Waals surface area contributed by atoms with Crippen molar-refractivity contribution in [1.82, 2.24) is 10.0 Å². The molecule has 0 fully saturated rings. The zero-order valence-corrected chi connectivity index (χ0v) is 10.0. The van der Waals surface area contributed by atoms with Gasteiger partial charge in [-0.25, -0.2) is 4.72 Å². The minimum Gasteiger partial charge on any atom is -0.480 e. The molecule has 0 unspecified atom stereocenters. The SMILES string of the molecule is CSSN[C@@H](CS)C(=O)NCC(=O)O. The van der Waals surface area contributed by atoms with Gasteiger partial charge in [0.25, 0.3) is 0 Å². The van der Waals surface area contributed by atoms with Gasteiger partial charge in [0.15, 0.2) is 0 Å². The summed E-state index contributed by atoms with van der Waals surface area (Å²) in [5.74, 6) is -1.10. The van der Waals surface area contributed by atoms with Gasteiger partial charge in [0, 0.05) is 5.75 Å². The van der Waals surface area contributed by atoms with E-state index in [4.69, 9.17) is 5.11 Å². The number of carboxylic acid groups (broad SMARTS) is 1. The molecule has 8 heteroatoms. The number of amides is 1. The van der Waals surface area contributed by atoms with Crippen molar-refractivity contribution < 1.29 is 14.7 Å². The average molecular weight is 256 g/mol. The molecular weight excluding hydrogens is 244 g/mol. The molecule has 1 amide bonds. The molecule has 0 saturated carbocycles. The van der Waals surface area contributed by atoms with Crippen LogP contribution in [0.15, 0.2) is 0 Å². The molecule has 0 bridgehead atoms. The third kappa shape index (κ3) is 6.41. The molecule has 0 heterocycles. The van der Waals surface area contributed by atoms with Gasteiger partial charge in [0.2, 0.25) is 5.91 Å². The summed E-state index contributed by atoms with van der Waals surface area (Å²) >= 11 is 3.98. The molecule has 0 aliphatic heterocycles. The van der Waals surface area contributed by atoms with Crippen molar-refractivity contribution in [2.75, 3.05) is 18.6 Å². The van der Waals surface area contributed by atoms with E-state index < -0.39 is 12.0 Å². The Hall–Kier alpha value is -0.0500. The van der Waals surface area contributed by atoms with Crippen molar-refractivity contribution in [1.29, 1.82) is 0 Å².